The predicted molar refractivity (Wildman–Crippen MR) is 82.5 cm³/mol. The highest BCUT2D eigenvalue weighted by Crippen LogP contribution is 2.34. The highest BCUT2D eigenvalue weighted by molar-refractivity contribution is 5.96. The highest BCUT2D eigenvalue weighted by Gasteiger charge is 2.38. The van der Waals surface area contributed by atoms with Crippen molar-refractivity contribution in [1.29, 1.82) is 0 Å². The summed E-state index contributed by atoms with van der Waals surface area (Å²) in [5.74, 6) is -2.21. The quantitative estimate of drug-likeness (QED) is 0.712. The van der Waals surface area contributed by atoms with Crippen LogP contribution in [-0.2, 0) is 19.8 Å². The van der Waals surface area contributed by atoms with Crippen LogP contribution in [0.25, 0.3) is 0 Å². The molecule has 1 fully saturated rings. The van der Waals surface area contributed by atoms with E-state index < -0.39 is 41.3 Å². The van der Waals surface area contributed by atoms with E-state index in [2.05, 4.69) is 5.10 Å². The van der Waals surface area contributed by atoms with Gasteiger partial charge in [0.1, 0.15) is 11.3 Å². The van der Waals surface area contributed by atoms with E-state index in [0.29, 0.717) is 17.5 Å². The van der Waals surface area contributed by atoms with Crippen LogP contribution in [0.15, 0.2) is 24.3 Å². The monoisotopic (exact) mass is 391 g/mol. The number of aromatic nitrogens is 2. The Hall–Kier alpha value is -2.52. The molecule has 0 atom stereocenters. The Morgan fingerprint density at radius 1 is 1.33 bits per heavy atom. The Morgan fingerprint density at radius 2 is 2.00 bits per heavy atom. The summed E-state index contributed by atoms with van der Waals surface area (Å²) in [6.07, 6.45) is -6.58. The van der Waals surface area contributed by atoms with Gasteiger partial charge in [0.2, 0.25) is 5.95 Å². The van der Waals surface area contributed by atoms with Crippen LogP contribution in [0.5, 0.6) is 0 Å². The van der Waals surface area contributed by atoms with E-state index >= 15 is 0 Å². The zero-order valence-electron chi connectivity index (χ0n) is 14.1. The Bertz CT molecular complexity index is 857. The molecule has 3 rings (SSSR count). The molecule has 0 unspecified atom stereocenters. The minimum absolute atomic E-state index is 0.174. The van der Waals surface area contributed by atoms with E-state index in [4.69, 9.17) is 0 Å². The lowest BCUT2D eigenvalue weighted by Crippen LogP contribution is -2.33. The lowest BCUT2D eigenvalue weighted by atomic mass is 10.1. The third-order valence-electron chi connectivity index (χ3n) is 4.28. The fraction of sp³-hybridized carbons (Fsp3) is 0.412. The number of carbonyl (C=O) groups is 1. The molecule has 27 heavy (non-hydrogen) atoms. The van der Waals surface area contributed by atoms with E-state index in [1.807, 2.05) is 0 Å². The molecule has 0 radical (unpaired) electrons. The summed E-state index contributed by atoms with van der Waals surface area (Å²) in [5, 5.41) is 3.34. The number of alkyl halides is 5. The van der Waals surface area contributed by atoms with Crippen molar-refractivity contribution >= 4 is 5.91 Å². The first-order valence-electron chi connectivity index (χ1n) is 8.07. The topological polar surface area (TPSA) is 38.1 Å². The molecule has 1 aromatic heterocycles. The number of carbonyl (C=O) groups excluding carboxylic acids is 1. The molecule has 2 aromatic rings. The van der Waals surface area contributed by atoms with Crippen LogP contribution in [0.1, 0.15) is 46.4 Å². The van der Waals surface area contributed by atoms with Crippen molar-refractivity contribution in [3.8, 4) is 0 Å². The summed E-state index contributed by atoms with van der Waals surface area (Å²) in [7, 11) is 1.09. The number of hydrogen-bond acceptors (Lipinski definition) is 2. The van der Waals surface area contributed by atoms with Gasteiger partial charge in [-0.15, -0.1) is 0 Å². The second-order valence-electron chi connectivity index (χ2n) is 6.34. The lowest BCUT2D eigenvalue weighted by molar-refractivity contribution is -0.137. The summed E-state index contributed by atoms with van der Waals surface area (Å²) >= 11 is 0. The van der Waals surface area contributed by atoms with Gasteiger partial charge in [-0.1, -0.05) is 12.1 Å². The Morgan fingerprint density at radius 3 is 2.56 bits per heavy atom. The second kappa shape index (κ2) is 6.90. The maximum absolute atomic E-state index is 14.2. The summed E-state index contributed by atoms with van der Waals surface area (Å²) in [5.41, 5.74) is -2.53. The zero-order chi connectivity index (χ0) is 19.9. The van der Waals surface area contributed by atoms with Gasteiger partial charge in [-0.05, 0) is 30.5 Å². The predicted octanol–water partition coefficient (Wildman–Crippen LogP) is 4.32. The Labute approximate surface area is 150 Å². The number of benzene rings is 1. The molecule has 4 nitrogen and oxygen atoms in total. The van der Waals surface area contributed by atoms with E-state index in [9.17, 15) is 31.1 Å². The largest absolute Gasteiger partial charge is 0.416 e. The number of aryl methyl sites for hydroxylation is 1. The molecule has 0 spiro atoms. The molecule has 0 bridgehead atoms. The molecule has 1 aromatic carbocycles. The average Bonchev–Trinajstić information content (AvgIpc) is 3.38. The van der Waals surface area contributed by atoms with Crippen molar-refractivity contribution in [1.82, 2.24) is 14.7 Å². The van der Waals surface area contributed by atoms with Crippen molar-refractivity contribution in [3.63, 3.8) is 0 Å². The third kappa shape index (κ3) is 3.93. The molecular formula is C17H15F6N3O. The summed E-state index contributed by atoms with van der Waals surface area (Å²) < 4.78 is 79.6. The number of amides is 1. The first-order valence-corrected chi connectivity index (χ1v) is 8.07. The van der Waals surface area contributed by atoms with Crippen molar-refractivity contribution < 1.29 is 31.1 Å². The number of rotatable bonds is 5. The molecule has 1 amide bonds. The molecule has 0 N–H and O–H groups in total. The maximum atomic E-state index is 14.2. The van der Waals surface area contributed by atoms with Crippen molar-refractivity contribution in [2.75, 3.05) is 0 Å². The molecule has 1 saturated carbocycles. The number of nitrogens with zero attached hydrogens (tertiary/aromatic N) is 3. The summed E-state index contributed by atoms with van der Waals surface area (Å²) in [4.78, 5) is 13.9. The second-order valence-corrected chi connectivity index (χ2v) is 6.34. The van der Waals surface area contributed by atoms with Crippen LogP contribution >= 0.6 is 0 Å². The van der Waals surface area contributed by atoms with Crippen LogP contribution in [0.2, 0.25) is 0 Å². The van der Waals surface area contributed by atoms with Gasteiger partial charge in [-0.25, -0.2) is 13.5 Å². The van der Waals surface area contributed by atoms with E-state index in [1.165, 1.54) is 12.1 Å². The smallest absolute Gasteiger partial charge is 0.331 e. The van der Waals surface area contributed by atoms with Gasteiger partial charge in [0.05, 0.1) is 5.56 Å². The molecule has 146 valence electrons. The van der Waals surface area contributed by atoms with Gasteiger partial charge in [0.15, 0.2) is 0 Å². The van der Waals surface area contributed by atoms with Crippen molar-refractivity contribution in [3.05, 3.63) is 52.6 Å². The highest BCUT2D eigenvalue weighted by atomic mass is 19.4. The van der Waals surface area contributed by atoms with Gasteiger partial charge in [-0.3, -0.25) is 4.79 Å². The van der Waals surface area contributed by atoms with Crippen LogP contribution in [-0.4, -0.2) is 26.6 Å². The third-order valence-corrected chi connectivity index (χ3v) is 4.28. The fourth-order valence-electron chi connectivity index (χ4n) is 2.81. The summed E-state index contributed by atoms with van der Waals surface area (Å²) in [6.45, 7) is -0.246. The average molecular weight is 391 g/mol. The Balaban J connectivity index is 1.93. The van der Waals surface area contributed by atoms with Gasteiger partial charge >= 0.3 is 6.18 Å². The molecule has 1 heterocycles. The molecule has 1 aliphatic rings. The molecule has 10 heteroatoms. The zero-order valence-corrected chi connectivity index (χ0v) is 14.1. The molecule has 0 saturated heterocycles. The SMILES string of the molecule is Cn1nc(C(F)F)c(C(=O)N(Cc2cccc(C(F)(F)F)c2)C2CC2)c1F. The number of halogens is 6. The minimum Gasteiger partial charge on any atom is -0.331 e. The van der Waals surface area contributed by atoms with Crippen LogP contribution < -0.4 is 0 Å². The Kier molecular flexibility index (Phi) is 4.92. The number of hydrogen-bond donors (Lipinski definition) is 0. The lowest BCUT2D eigenvalue weighted by Gasteiger charge is -2.23. The van der Waals surface area contributed by atoms with Gasteiger partial charge < -0.3 is 4.90 Å². The van der Waals surface area contributed by atoms with Crippen LogP contribution in [0.4, 0.5) is 26.3 Å². The standard InChI is InChI=1S/C17H15F6N3O/c1-25-15(20)12(13(24-25)14(18)19)16(27)26(11-5-6-11)8-9-3-2-4-10(7-9)17(21,22)23/h2-4,7,11,14H,5-6,8H2,1H3. The maximum Gasteiger partial charge on any atom is 0.416 e. The molecule has 0 aliphatic heterocycles. The van der Waals surface area contributed by atoms with Crippen molar-refractivity contribution in [2.24, 2.45) is 7.05 Å². The first-order chi connectivity index (χ1) is 12.6. The van der Waals surface area contributed by atoms with Gasteiger partial charge in [-0.2, -0.15) is 22.7 Å². The molecular weight excluding hydrogens is 376 g/mol. The van der Waals surface area contributed by atoms with Crippen molar-refractivity contribution in [2.45, 2.75) is 38.0 Å². The molecule has 1 aliphatic carbocycles. The van der Waals surface area contributed by atoms with E-state index in [1.54, 1.807) is 0 Å². The first kappa shape index (κ1) is 19.2. The summed E-state index contributed by atoms with van der Waals surface area (Å²) in [6, 6.07) is 4.03. The fourth-order valence-corrected chi connectivity index (χ4v) is 2.81. The van der Waals surface area contributed by atoms with Gasteiger partial charge in [0.25, 0.3) is 12.3 Å². The van der Waals surface area contributed by atoms with Crippen LogP contribution in [0, 0.1) is 5.95 Å². The van der Waals surface area contributed by atoms with E-state index in [0.717, 1.165) is 24.1 Å². The van der Waals surface area contributed by atoms with E-state index in [-0.39, 0.29) is 18.2 Å². The normalized spacial score (nSPS) is 14.7. The van der Waals surface area contributed by atoms with Gasteiger partial charge in [0, 0.05) is 19.6 Å². The minimum atomic E-state index is -4.55. The van der Waals surface area contributed by atoms with Crippen LogP contribution in [0.3, 0.4) is 0 Å².